The molecule has 0 amide bonds. The van der Waals surface area contributed by atoms with E-state index < -0.39 is 0 Å². The van der Waals surface area contributed by atoms with Crippen molar-refractivity contribution in [2.75, 3.05) is 6.61 Å². The topological polar surface area (TPSA) is 38.3 Å². The second-order valence-corrected chi connectivity index (χ2v) is 4.18. The van der Waals surface area contributed by atoms with Crippen molar-refractivity contribution in [2.45, 2.75) is 44.7 Å². The molecule has 1 saturated carbocycles. The van der Waals surface area contributed by atoms with Crippen molar-refractivity contribution in [1.82, 2.24) is 5.32 Å². The van der Waals surface area contributed by atoms with Crippen LogP contribution in [0.5, 0.6) is 0 Å². The number of hydrogen-bond acceptors (Lipinski definition) is 3. The third-order valence-electron chi connectivity index (χ3n) is 3.25. The molecule has 0 bridgehead atoms. The van der Waals surface area contributed by atoms with Crippen LogP contribution in [0.2, 0.25) is 0 Å². The van der Waals surface area contributed by atoms with Crippen LogP contribution in [-0.4, -0.2) is 24.7 Å². The van der Waals surface area contributed by atoms with E-state index in [0.717, 1.165) is 12.8 Å². The summed E-state index contributed by atoms with van der Waals surface area (Å²) in [4.78, 5) is 11.5. The molecule has 3 heteroatoms. The maximum atomic E-state index is 11.5. The Morgan fingerprint density at radius 1 is 1.64 bits per heavy atom. The van der Waals surface area contributed by atoms with Gasteiger partial charge in [-0.3, -0.25) is 4.79 Å². The molecular weight excluding hydrogens is 178 g/mol. The average molecular weight is 196 g/mol. The summed E-state index contributed by atoms with van der Waals surface area (Å²) in [6.45, 7) is 2.34. The highest BCUT2D eigenvalue weighted by atomic mass is 16.5. The molecule has 3 atom stereocenters. The number of hydrogen-bond donors (Lipinski definition) is 1. The smallest absolute Gasteiger partial charge is 0.323 e. The van der Waals surface area contributed by atoms with Gasteiger partial charge in [-0.25, -0.2) is 0 Å². The van der Waals surface area contributed by atoms with Crippen molar-refractivity contribution in [3.63, 3.8) is 0 Å². The van der Waals surface area contributed by atoms with E-state index in [1.54, 1.807) is 0 Å². The molecule has 0 unspecified atom stereocenters. The molecule has 2 rings (SSSR count). The number of nitrogens with one attached hydrogen (secondary N) is 1. The lowest BCUT2D eigenvalue weighted by Gasteiger charge is -2.18. The van der Waals surface area contributed by atoms with E-state index in [4.69, 9.17) is 4.74 Å². The van der Waals surface area contributed by atoms with Crippen LogP contribution in [0, 0.1) is 12.3 Å². The van der Waals surface area contributed by atoms with Crippen molar-refractivity contribution in [1.29, 1.82) is 0 Å². The van der Waals surface area contributed by atoms with Gasteiger partial charge in [0.15, 0.2) is 0 Å². The number of ether oxygens (including phenoxy) is 1. The first-order chi connectivity index (χ1) is 6.81. The zero-order valence-corrected chi connectivity index (χ0v) is 8.66. The normalized spacial score (nSPS) is 35.9. The summed E-state index contributed by atoms with van der Waals surface area (Å²) >= 11 is 0. The van der Waals surface area contributed by atoms with E-state index in [0.29, 0.717) is 18.6 Å². The summed E-state index contributed by atoms with van der Waals surface area (Å²) in [6, 6.07) is 0.505. The fourth-order valence-corrected chi connectivity index (χ4v) is 2.55. The van der Waals surface area contributed by atoms with Gasteiger partial charge in [0.2, 0.25) is 0 Å². The Balaban J connectivity index is 1.89. The van der Waals surface area contributed by atoms with Crippen LogP contribution in [0.4, 0.5) is 0 Å². The molecule has 2 aliphatic rings. The first kappa shape index (κ1) is 9.84. The fraction of sp³-hybridized carbons (Fsp3) is 0.818. The first-order valence-corrected chi connectivity index (χ1v) is 5.55. The lowest BCUT2D eigenvalue weighted by molar-refractivity contribution is -0.145. The van der Waals surface area contributed by atoms with Crippen molar-refractivity contribution in [3.05, 3.63) is 6.42 Å². The van der Waals surface area contributed by atoms with Gasteiger partial charge in [-0.2, -0.15) is 0 Å². The van der Waals surface area contributed by atoms with Gasteiger partial charge in [-0.05, 0) is 13.3 Å². The predicted octanol–water partition coefficient (Wildman–Crippen LogP) is 1.28. The summed E-state index contributed by atoms with van der Waals surface area (Å²) in [5, 5.41) is 3.38. The Morgan fingerprint density at radius 3 is 3.21 bits per heavy atom. The van der Waals surface area contributed by atoms with E-state index in [-0.39, 0.29) is 12.0 Å². The van der Waals surface area contributed by atoms with Crippen molar-refractivity contribution >= 4 is 5.97 Å². The van der Waals surface area contributed by atoms with E-state index in [1.807, 2.05) is 6.92 Å². The molecule has 0 aromatic heterocycles. The van der Waals surface area contributed by atoms with Crippen molar-refractivity contribution in [2.24, 2.45) is 5.92 Å². The Morgan fingerprint density at radius 2 is 2.50 bits per heavy atom. The summed E-state index contributed by atoms with van der Waals surface area (Å²) in [6.07, 6.45) is 6.83. The zero-order valence-electron chi connectivity index (χ0n) is 8.66. The Bertz CT molecular complexity index is 203. The van der Waals surface area contributed by atoms with Gasteiger partial charge < -0.3 is 10.1 Å². The molecule has 1 aliphatic carbocycles. The highest BCUT2D eigenvalue weighted by Crippen LogP contribution is 2.32. The molecule has 0 aromatic carbocycles. The molecule has 1 saturated heterocycles. The third kappa shape index (κ3) is 1.87. The Kier molecular flexibility index (Phi) is 2.96. The van der Waals surface area contributed by atoms with Gasteiger partial charge in [0.05, 0.1) is 25.9 Å². The Hall–Kier alpha value is -0.700. The summed E-state index contributed by atoms with van der Waals surface area (Å²) in [5.41, 5.74) is 0. The average Bonchev–Trinajstić information content (AvgIpc) is 2.61. The van der Waals surface area contributed by atoms with Crippen LogP contribution in [0.25, 0.3) is 0 Å². The quantitative estimate of drug-likeness (QED) is 0.534. The van der Waals surface area contributed by atoms with Crippen LogP contribution in [0.3, 0.4) is 0 Å². The molecule has 0 aromatic rings. The lowest BCUT2D eigenvalue weighted by atomic mass is 9.85. The van der Waals surface area contributed by atoms with Gasteiger partial charge in [-0.15, -0.1) is 0 Å². The van der Waals surface area contributed by atoms with E-state index in [1.165, 1.54) is 12.8 Å². The summed E-state index contributed by atoms with van der Waals surface area (Å²) < 4.78 is 5.02. The standard InChI is InChI=1S/C11H18NO2/c1-2-14-11(13)10-7-8-5-3-4-6-9(8)12-10/h3,8-10,12H,2,4-7H2,1H3/q+1/t8-,9-,10-/m1/s1. The molecule has 0 radical (unpaired) electrons. The summed E-state index contributed by atoms with van der Waals surface area (Å²) in [5.74, 6) is 0.597. The maximum Gasteiger partial charge on any atom is 0.323 e. The zero-order chi connectivity index (χ0) is 9.97. The second kappa shape index (κ2) is 4.22. The van der Waals surface area contributed by atoms with Crippen molar-refractivity contribution in [3.8, 4) is 0 Å². The van der Waals surface area contributed by atoms with Gasteiger partial charge >= 0.3 is 5.97 Å². The molecule has 0 spiro atoms. The van der Waals surface area contributed by atoms with Crippen molar-refractivity contribution < 1.29 is 9.53 Å². The van der Waals surface area contributed by atoms with Gasteiger partial charge in [0, 0.05) is 18.4 Å². The molecule has 78 valence electrons. The number of esters is 1. The number of fused-ring (bicyclic) bond motifs is 1. The third-order valence-corrected chi connectivity index (χ3v) is 3.25. The molecule has 3 nitrogen and oxygen atoms in total. The minimum Gasteiger partial charge on any atom is -0.465 e. The molecule has 2 fully saturated rings. The monoisotopic (exact) mass is 196 g/mol. The second-order valence-electron chi connectivity index (χ2n) is 4.18. The Labute approximate surface area is 85.2 Å². The largest absolute Gasteiger partial charge is 0.465 e. The van der Waals surface area contributed by atoms with Crippen LogP contribution >= 0.6 is 0 Å². The lowest BCUT2D eigenvalue weighted by Crippen LogP contribution is -2.38. The van der Waals surface area contributed by atoms with Gasteiger partial charge in [-0.1, -0.05) is 0 Å². The van der Waals surface area contributed by atoms with Crippen LogP contribution in [-0.2, 0) is 9.53 Å². The predicted molar refractivity (Wildman–Crippen MR) is 53.6 cm³/mol. The first-order valence-electron chi connectivity index (χ1n) is 5.55. The minimum absolute atomic E-state index is 0.0450. The highest BCUT2D eigenvalue weighted by Gasteiger charge is 2.41. The van der Waals surface area contributed by atoms with E-state index in [2.05, 4.69) is 11.7 Å². The molecule has 14 heavy (non-hydrogen) atoms. The fourth-order valence-electron chi connectivity index (χ4n) is 2.55. The van der Waals surface area contributed by atoms with E-state index in [9.17, 15) is 4.79 Å². The molecular formula is C11H18NO2+. The van der Waals surface area contributed by atoms with Gasteiger partial charge in [0.25, 0.3) is 0 Å². The molecule has 1 aliphatic heterocycles. The van der Waals surface area contributed by atoms with Gasteiger partial charge in [0.1, 0.15) is 6.04 Å². The van der Waals surface area contributed by atoms with Crippen LogP contribution < -0.4 is 5.32 Å². The van der Waals surface area contributed by atoms with E-state index >= 15 is 0 Å². The molecule has 1 N–H and O–H groups in total. The summed E-state index contributed by atoms with van der Waals surface area (Å²) in [7, 11) is 0. The minimum atomic E-state index is -0.0677. The number of rotatable bonds is 2. The maximum absolute atomic E-state index is 11.5. The van der Waals surface area contributed by atoms with Crippen LogP contribution in [0.15, 0.2) is 0 Å². The number of carbonyl (C=O) groups is 1. The van der Waals surface area contributed by atoms with Crippen LogP contribution in [0.1, 0.15) is 32.6 Å². The molecule has 1 heterocycles. The highest BCUT2D eigenvalue weighted by molar-refractivity contribution is 5.76. The number of carbonyl (C=O) groups excluding carboxylic acids is 1. The SMILES string of the molecule is CCOC(=O)[C@H]1C[C@H]2C[CH+]CC[C@H]2N1.